The van der Waals surface area contributed by atoms with Crippen LogP contribution in [0.15, 0.2) is 54.7 Å². The molecule has 120 valence electrons. The van der Waals surface area contributed by atoms with Crippen molar-refractivity contribution in [1.82, 2.24) is 9.55 Å². The third-order valence-corrected chi connectivity index (χ3v) is 4.52. The van der Waals surface area contributed by atoms with Gasteiger partial charge in [-0.15, -0.1) is 0 Å². The molecule has 1 aliphatic heterocycles. The van der Waals surface area contributed by atoms with Crippen molar-refractivity contribution in [2.45, 2.75) is 19.4 Å². The lowest BCUT2D eigenvalue weighted by atomic mass is 10.1. The van der Waals surface area contributed by atoms with E-state index < -0.39 is 0 Å². The van der Waals surface area contributed by atoms with Crippen LogP contribution in [0, 0.1) is 0 Å². The Balaban J connectivity index is 1.51. The number of nitrogens with zero attached hydrogens (tertiary/aromatic N) is 2. The Morgan fingerprint density at radius 1 is 1.08 bits per heavy atom. The van der Waals surface area contributed by atoms with Crippen molar-refractivity contribution in [3.63, 3.8) is 0 Å². The SMILES string of the molecule is O=C(Nc1ccc(-c2cnc3n2CCC3)cc1)c1ccc(Cl)cc1. The number of rotatable bonds is 3. The van der Waals surface area contributed by atoms with Crippen molar-refractivity contribution >= 4 is 23.2 Å². The Morgan fingerprint density at radius 3 is 2.58 bits per heavy atom. The Hall–Kier alpha value is -2.59. The van der Waals surface area contributed by atoms with Gasteiger partial charge in [-0.2, -0.15) is 0 Å². The number of hydrogen-bond donors (Lipinski definition) is 1. The minimum atomic E-state index is -0.148. The van der Waals surface area contributed by atoms with Gasteiger partial charge in [0.15, 0.2) is 0 Å². The molecule has 0 saturated carbocycles. The number of halogens is 1. The van der Waals surface area contributed by atoms with E-state index in [9.17, 15) is 4.79 Å². The lowest BCUT2D eigenvalue weighted by Gasteiger charge is -2.08. The zero-order valence-corrected chi connectivity index (χ0v) is 13.8. The van der Waals surface area contributed by atoms with Gasteiger partial charge >= 0.3 is 0 Å². The summed E-state index contributed by atoms with van der Waals surface area (Å²) in [6.07, 6.45) is 4.14. The first kappa shape index (κ1) is 15.0. The molecule has 4 nitrogen and oxygen atoms in total. The molecule has 0 aliphatic carbocycles. The molecule has 5 heteroatoms. The molecule has 4 rings (SSSR count). The molecule has 2 aromatic carbocycles. The zero-order chi connectivity index (χ0) is 16.5. The molecular formula is C19H16ClN3O. The highest BCUT2D eigenvalue weighted by atomic mass is 35.5. The molecule has 1 N–H and O–H groups in total. The van der Waals surface area contributed by atoms with Crippen molar-refractivity contribution in [3.05, 3.63) is 71.1 Å². The van der Waals surface area contributed by atoms with Crippen molar-refractivity contribution in [3.8, 4) is 11.3 Å². The summed E-state index contributed by atoms with van der Waals surface area (Å²) in [7, 11) is 0. The Labute approximate surface area is 145 Å². The smallest absolute Gasteiger partial charge is 0.255 e. The summed E-state index contributed by atoms with van der Waals surface area (Å²) in [6.45, 7) is 1.03. The van der Waals surface area contributed by atoms with Gasteiger partial charge in [0.2, 0.25) is 0 Å². The van der Waals surface area contributed by atoms with Gasteiger partial charge in [-0.25, -0.2) is 4.98 Å². The number of aryl methyl sites for hydroxylation is 1. The van der Waals surface area contributed by atoms with E-state index >= 15 is 0 Å². The first-order valence-corrected chi connectivity index (χ1v) is 8.30. The van der Waals surface area contributed by atoms with Gasteiger partial charge in [0, 0.05) is 29.2 Å². The monoisotopic (exact) mass is 337 g/mol. The van der Waals surface area contributed by atoms with Crippen molar-refractivity contribution in [2.75, 3.05) is 5.32 Å². The van der Waals surface area contributed by atoms with E-state index in [0.717, 1.165) is 42.2 Å². The number of benzene rings is 2. The zero-order valence-electron chi connectivity index (χ0n) is 13.0. The van der Waals surface area contributed by atoms with Crippen LogP contribution in [-0.2, 0) is 13.0 Å². The molecule has 0 radical (unpaired) electrons. The van der Waals surface area contributed by atoms with E-state index in [1.165, 1.54) is 0 Å². The molecule has 2 heterocycles. The number of carbonyl (C=O) groups excluding carboxylic acids is 1. The van der Waals surface area contributed by atoms with E-state index in [-0.39, 0.29) is 5.91 Å². The van der Waals surface area contributed by atoms with Crippen LogP contribution >= 0.6 is 11.6 Å². The first-order chi connectivity index (χ1) is 11.7. The molecule has 0 atom stereocenters. The van der Waals surface area contributed by atoms with Crippen molar-refractivity contribution in [1.29, 1.82) is 0 Å². The fourth-order valence-electron chi connectivity index (χ4n) is 3.02. The Bertz CT molecular complexity index is 882. The predicted octanol–water partition coefficient (Wildman–Crippen LogP) is 4.40. The number of fused-ring (bicyclic) bond motifs is 1. The van der Waals surface area contributed by atoms with Gasteiger partial charge in [0.25, 0.3) is 5.91 Å². The number of nitrogens with one attached hydrogen (secondary N) is 1. The lowest BCUT2D eigenvalue weighted by Crippen LogP contribution is -2.11. The highest BCUT2D eigenvalue weighted by Crippen LogP contribution is 2.26. The molecule has 0 bridgehead atoms. The van der Waals surface area contributed by atoms with Crippen LogP contribution in [0.2, 0.25) is 5.02 Å². The van der Waals surface area contributed by atoms with Gasteiger partial charge in [0.1, 0.15) is 5.82 Å². The fourth-order valence-corrected chi connectivity index (χ4v) is 3.14. The molecule has 0 unspecified atom stereocenters. The average Bonchev–Trinajstić information content (AvgIpc) is 3.20. The summed E-state index contributed by atoms with van der Waals surface area (Å²) in [5.74, 6) is 1.01. The van der Waals surface area contributed by atoms with E-state index in [2.05, 4.69) is 14.9 Å². The number of carbonyl (C=O) groups is 1. The topological polar surface area (TPSA) is 46.9 Å². The summed E-state index contributed by atoms with van der Waals surface area (Å²) < 4.78 is 2.27. The Kier molecular flexibility index (Phi) is 3.82. The van der Waals surface area contributed by atoms with Gasteiger partial charge in [-0.3, -0.25) is 4.79 Å². The highest BCUT2D eigenvalue weighted by molar-refractivity contribution is 6.30. The van der Waals surface area contributed by atoms with Gasteiger partial charge in [0.05, 0.1) is 11.9 Å². The molecule has 0 saturated heterocycles. The first-order valence-electron chi connectivity index (χ1n) is 7.92. The van der Waals surface area contributed by atoms with Gasteiger partial charge < -0.3 is 9.88 Å². The number of hydrogen-bond acceptors (Lipinski definition) is 2. The van der Waals surface area contributed by atoms with E-state index in [0.29, 0.717) is 10.6 Å². The third kappa shape index (κ3) is 2.81. The largest absolute Gasteiger partial charge is 0.328 e. The fraction of sp³-hybridized carbons (Fsp3) is 0.158. The molecule has 0 fully saturated rings. The molecule has 1 aliphatic rings. The summed E-state index contributed by atoms with van der Waals surface area (Å²) in [4.78, 5) is 16.7. The quantitative estimate of drug-likeness (QED) is 0.770. The highest BCUT2D eigenvalue weighted by Gasteiger charge is 2.16. The van der Waals surface area contributed by atoms with E-state index in [1.54, 1.807) is 24.3 Å². The van der Waals surface area contributed by atoms with E-state index in [4.69, 9.17) is 11.6 Å². The lowest BCUT2D eigenvalue weighted by molar-refractivity contribution is 0.102. The maximum absolute atomic E-state index is 12.2. The number of imidazole rings is 1. The van der Waals surface area contributed by atoms with Crippen LogP contribution in [0.4, 0.5) is 5.69 Å². The normalized spacial score (nSPS) is 12.9. The van der Waals surface area contributed by atoms with Crippen LogP contribution in [0.5, 0.6) is 0 Å². The summed E-state index contributed by atoms with van der Waals surface area (Å²) in [6, 6.07) is 14.7. The number of anilines is 1. The minimum absolute atomic E-state index is 0.148. The molecule has 3 aromatic rings. The van der Waals surface area contributed by atoms with Crippen LogP contribution in [0.1, 0.15) is 22.6 Å². The molecule has 1 aromatic heterocycles. The maximum Gasteiger partial charge on any atom is 0.255 e. The van der Waals surface area contributed by atoms with Crippen LogP contribution in [0.3, 0.4) is 0 Å². The second kappa shape index (κ2) is 6.13. The minimum Gasteiger partial charge on any atom is -0.328 e. The summed E-state index contributed by atoms with van der Waals surface area (Å²) in [5.41, 5.74) is 3.59. The number of amides is 1. The van der Waals surface area contributed by atoms with Gasteiger partial charge in [-0.05, 0) is 48.4 Å². The molecule has 0 spiro atoms. The molecular weight excluding hydrogens is 322 g/mol. The van der Waals surface area contributed by atoms with Crippen molar-refractivity contribution in [2.24, 2.45) is 0 Å². The molecule has 24 heavy (non-hydrogen) atoms. The average molecular weight is 338 g/mol. The third-order valence-electron chi connectivity index (χ3n) is 4.27. The summed E-state index contributed by atoms with van der Waals surface area (Å²) in [5, 5.41) is 3.51. The van der Waals surface area contributed by atoms with Crippen LogP contribution in [-0.4, -0.2) is 15.5 Å². The van der Waals surface area contributed by atoms with E-state index in [1.807, 2.05) is 30.5 Å². The number of aromatic nitrogens is 2. The predicted molar refractivity (Wildman–Crippen MR) is 95.4 cm³/mol. The molecule has 1 amide bonds. The standard InChI is InChI=1S/C19H16ClN3O/c20-15-7-3-14(4-8-15)19(24)22-16-9-5-13(6-10-16)17-12-21-18-2-1-11-23(17)18/h3-10,12H,1-2,11H2,(H,22,24). The maximum atomic E-state index is 12.2. The second-order valence-corrected chi connectivity index (χ2v) is 6.29. The Morgan fingerprint density at radius 2 is 1.83 bits per heavy atom. The van der Waals surface area contributed by atoms with Crippen molar-refractivity contribution < 1.29 is 4.79 Å². The van der Waals surface area contributed by atoms with Crippen LogP contribution < -0.4 is 5.32 Å². The van der Waals surface area contributed by atoms with Crippen LogP contribution in [0.25, 0.3) is 11.3 Å². The summed E-state index contributed by atoms with van der Waals surface area (Å²) >= 11 is 5.84. The second-order valence-electron chi connectivity index (χ2n) is 5.85. The van der Waals surface area contributed by atoms with Gasteiger partial charge in [-0.1, -0.05) is 23.7 Å².